The molecule has 28 heavy (non-hydrogen) atoms. The topological polar surface area (TPSA) is 53.0 Å². The Morgan fingerprint density at radius 2 is 2.04 bits per heavy atom. The summed E-state index contributed by atoms with van der Waals surface area (Å²) in [4.78, 5) is 16.7. The van der Waals surface area contributed by atoms with Crippen molar-refractivity contribution in [3.8, 4) is 0 Å². The average Bonchev–Trinajstić information content (AvgIpc) is 3.20. The molecule has 2 saturated heterocycles. The van der Waals surface area contributed by atoms with Gasteiger partial charge in [0.2, 0.25) is 5.91 Å². The average molecular weight is 387 g/mol. The van der Waals surface area contributed by atoms with Crippen molar-refractivity contribution in [2.24, 2.45) is 17.3 Å². The van der Waals surface area contributed by atoms with Crippen molar-refractivity contribution in [2.75, 3.05) is 52.5 Å². The fraction of sp³-hybridized carbons (Fsp3) is 0.609. The third-order valence-corrected chi connectivity index (χ3v) is 6.00. The Morgan fingerprint density at radius 3 is 2.64 bits per heavy atom. The molecule has 0 aromatic heterocycles. The Bertz CT molecular complexity index is 688. The number of hydrogen-bond donors (Lipinski definition) is 1. The van der Waals surface area contributed by atoms with Crippen LogP contribution in [0.4, 0.5) is 0 Å². The van der Waals surface area contributed by atoms with Gasteiger partial charge in [0.05, 0.1) is 6.61 Å². The molecular formula is C23H34N2O3. The predicted molar refractivity (Wildman–Crippen MR) is 112 cm³/mol. The van der Waals surface area contributed by atoms with Crippen LogP contribution in [0.15, 0.2) is 36.4 Å². The molecule has 2 fully saturated rings. The molecule has 0 spiro atoms. The minimum atomic E-state index is -0.207. The third kappa shape index (κ3) is 4.65. The second kappa shape index (κ2) is 9.21. The number of allylic oxidation sites excluding steroid dienone is 1. The minimum absolute atomic E-state index is 0.0419. The normalized spacial score (nSPS) is 25.5. The zero-order valence-corrected chi connectivity index (χ0v) is 17.4. The number of fused-ring (bicyclic) bond motifs is 1. The van der Waals surface area contributed by atoms with Crippen LogP contribution in [0.1, 0.15) is 26.3 Å². The van der Waals surface area contributed by atoms with Crippen LogP contribution in [-0.4, -0.2) is 73.4 Å². The summed E-state index contributed by atoms with van der Waals surface area (Å²) >= 11 is 0. The summed E-state index contributed by atoms with van der Waals surface area (Å²) in [5, 5.41) is 10.2. The maximum atomic E-state index is 12.4. The first-order valence-electron chi connectivity index (χ1n) is 10.4. The maximum absolute atomic E-state index is 12.4. The summed E-state index contributed by atoms with van der Waals surface area (Å²) in [5.41, 5.74) is 2.40. The predicted octanol–water partition coefficient (Wildman–Crippen LogP) is 2.52. The van der Waals surface area contributed by atoms with Crippen molar-refractivity contribution in [3.05, 3.63) is 42.0 Å². The van der Waals surface area contributed by atoms with Gasteiger partial charge in [0.15, 0.2) is 0 Å². The molecule has 0 bridgehead atoms. The van der Waals surface area contributed by atoms with Crippen molar-refractivity contribution in [2.45, 2.75) is 20.8 Å². The number of likely N-dealkylation sites (tertiary alicyclic amines) is 2. The molecule has 3 rings (SSSR count). The number of rotatable bonds is 8. The van der Waals surface area contributed by atoms with E-state index in [1.54, 1.807) is 0 Å². The smallest absolute Gasteiger partial charge is 0.248 e. The first-order valence-corrected chi connectivity index (χ1v) is 10.4. The molecule has 0 radical (unpaired) electrons. The van der Waals surface area contributed by atoms with Crippen LogP contribution >= 0.6 is 0 Å². The van der Waals surface area contributed by atoms with E-state index >= 15 is 0 Å². The lowest BCUT2D eigenvalue weighted by Gasteiger charge is -2.28. The van der Waals surface area contributed by atoms with E-state index in [1.165, 1.54) is 11.1 Å². The van der Waals surface area contributed by atoms with Crippen molar-refractivity contribution in [3.63, 3.8) is 0 Å². The van der Waals surface area contributed by atoms with E-state index in [2.05, 4.69) is 49.1 Å². The van der Waals surface area contributed by atoms with E-state index in [9.17, 15) is 9.90 Å². The summed E-state index contributed by atoms with van der Waals surface area (Å²) in [5.74, 6) is 0.843. The first kappa shape index (κ1) is 21.0. The highest BCUT2D eigenvalue weighted by atomic mass is 16.5. The highest BCUT2D eigenvalue weighted by molar-refractivity contribution is 5.78. The Hall–Kier alpha value is -1.69. The number of amides is 1. The molecule has 1 aromatic carbocycles. The van der Waals surface area contributed by atoms with Gasteiger partial charge in [0, 0.05) is 44.7 Å². The van der Waals surface area contributed by atoms with E-state index in [0.717, 1.165) is 26.2 Å². The fourth-order valence-corrected chi connectivity index (χ4v) is 4.64. The second-order valence-electron chi connectivity index (χ2n) is 8.60. The van der Waals surface area contributed by atoms with Gasteiger partial charge in [-0.2, -0.15) is 0 Å². The molecule has 5 nitrogen and oxygen atoms in total. The molecule has 5 heteroatoms. The molecular weight excluding hydrogens is 352 g/mol. The highest BCUT2D eigenvalue weighted by Gasteiger charge is 2.53. The first-order chi connectivity index (χ1) is 13.5. The van der Waals surface area contributed by atoms with Gasteiger partial charge in [-0.25, -0.2) is 0 Å². The monoisotopic (exact) mass is 386 g/mol. The van der Waals surface area contributed by atoms with Crippen LogP contribution in [0.2, 0.25) is 0 Å². The highest BCUT2D eigenvalue weighted by Crippen LogP contribution is 2.42. The molecule has 0 saturated carbocycles. The maximum Gasteiger partial charge on any atom is 0.248 e. The zero-order valence-electron chi connectivity index (χ0n) is 17.4. The SMILES string of the molecule is CCOCC(=O)N1CC2CN(CC(=CC(C)C)c3ccccc3)CC2(CO)C1. The quantitative estimate of drug-likeness (QED) is 0.746. The molecule has 154 valence electrons. The number of ether oxygens (including phenoxy) is 1. The Labute approximate surface area is 169 Å². The van der Waals surface area contributed by atoms with E-state index in [-0.39, 0.29) is 24.5 Å². The minimum Gasteiger partial charge on any atom is -0.396 e. The van der Waals surface area contributed by atoms with Crippen LogP contribution in [0.3, 0.4) is 0 Å². The van der Waals surface area contributed by atoms with Crippen molar-refractivity contribution >= 4 is 11.5 Å². The van der Waals surface area contributed by atoms with Crippen LogP contribution < -0.4 is 0 Å². The standard InChI is InChI=1S/C23H34N2O3/c1-4-28-14-22(27)25-13-21-12-24(15-23(21,16-25)17-26)11-20(10-18(2)3)19-8-6-5-7-9-19/h5-10,18,21,26H,4,11-17H2,1-3H3. The molecule has 2 aliphatic rings. The summed E-state index contributed by atoms with van der Waals surface area (Å²) in [6, 6.07) is 10.5. The van der Waals surface area contributed by atoms with Crippen molar-refractivity contribution in [1.29, 1.82) is 0 Å². The Balaban J connectivity index is 1.68. The van der Waals surface area contributed by atoms with Crippen LogP contribution in [-0.2, 0) is 9.53 Å². The molecule has 1 N–H and O–H groups in total. The molecule has 2 atom stereocenters. The number of nitrogens with zero attached hydrogens (tertiary/aromatic N) is 2. The second-order valence-corrected chi connectivity index (χ2v) is 8.60. The van der Waals surface area contributed by atoms with Gasteiger partial charge in [0.25, 0.3) is 0 Å². The van der Waals surface area contributed by atoms with Gasteiger partial charge >= 0.3 is 0 Å². The van der Waals surface area contributed by atoms with Gasteiger partial charge in [-0.15, -0.1) is 0 Å². The van der Waals surface area contributed by atoms with E-state index < -0.39 is 0 Å². The lowest BCUT2D eigenvalue weighted by atomic mass is 9.82. The number of benzene rings is 1. The Kier molecular flexibility index (Phi) is 6.91. The number of hydrogen-bond acceptors (Lipinski definition) is 4. The van der Waals surface area contributed by atoms with Crippen LogP contribution in [0.5, 0.6) is 0 Å². The Morgan fingerprint density at radius 1 is 1.29 bits per heavy atom. The largest absolute Gasteiger partial charge is 0.396 e. The van der Waals surface area contributed by atoms with Gasteiger partial charge in [-0.05, 0) is 29.9 Å². The van der Waals surface area contributed by atoms with E-state index in [4.69, 9.17) is 4.74 Å². The van der Waals surface area contributed by atoms with Crippen LogP contribution in [0, 0.1) is 17.3 Å². The molecule has 2 unspecified atom stereocenters. The summed E-state index contributed by atoms with van der Waals surface area (Å²) in [7, 11) is 0. The fourth-order valence-electron chi connectivity index (χ4n) is 4.64. The van der Waals surface area contributed by atoms with Crippen LogP contribution in [0.25, 0.3) is 5.57 Å². The zero-order chi connectivity index (χ0) is 20.1. The summed E-state index contributed by atoms with van der Waals surface area (Å²) < 4.78 is 5.28. The molecule has 2 aliphatic heterocycles. The number of aliphatic hydroxyl groups excluding tert-OH is 1. The third-order valence-electron chi connectivity index (χ3n) is 6.00. The van der Waals surface area contributed by atoms with Gasteiger partial charge in [-0.3, -0.25) is 9.69 Å². The lowest BCUT2D eigenvalue weighted by molar-refractivity contribution is -0.135. The van der Waals surface area contributed by atoms with Gasteiger partial charge < -0.3 is 14.7 Å². The molecule has 0 aliphatic carbocycles. The van der Waals surface area contributed by atoms with Crippen molar-refractivity contribution < 1.29 is 14.6 Å². The van der Waals surface area contributed by atoms with E-state index in [1.807, 2.05) is 17.9 Å². The summed E-state index contributed by atoms with van der Waals surface area (Å²) in [6.45, 7) is 11.1. The van der Waals surface area contributed by atoms with Gasteiger partial charge in [-0.1, -0.05) is 50.3 Å². The molecule has 1 amide bonds. The number of carbonyl (C=O) groups is 1. The lowest BCUT2D eigenvalue weighted by Crippen LogP contribution is -2.40. The molecule has 1 aromatic rings. The molecule has 2 heterocycles. The number of carbonyl (C=O) groups excluding carboxylic acids is 1. The number of aliphatic hydroxyl groups is 1. The van der Waals surface area contributed by atoms with Crippen molar-refractivity contribution in [1.82, 2.24) is 9.80 Å². The summed E-state index contributed by atoms with van der Waals surface area (Å²) in [6.07, 6.45) is 2.34. The van der Waals surface area contributed by atoms with Gasteiger partial charge in [0.1, 0.15) is 6.61 Å². The van der Waals surface area contributed by atoms with E-state index in [0.29, 0.717) is 25.0 Å².